The first-order valence-electron chi connectivity index (χ1n) is 8.98. The van der Waals surface area contributed by atoms with E-state index in [9.17, 15) is 9.59 Å². The highest BCUT2D eigenvalue weighted by molar-refractivity contribution is 14.1. The predicted molar refractivity (Wildman–Crippen MR) is 116 cm³/mol. The predicted octanol–water partition coefficient (Wildman–Crippen LogP) is 4.54. The summed E-state index contributed by atoms with van der Waals surface area (Å²) in [4.78, 5) is 25.0. The number of halogens is 1. The van der Waals surface area contributed by atoms with Gasteiger partial charge in [-0.2, -0.15) is 0 Å². The molecule has 0 fully saturated rings. The van der Waals surface area contributed by atoms with Gasteiger partial charge >= 0.3 is 5.97 Å². The standard InChI is InChI=1S/C21H25IN2O3/c1-4-27-20(25)13-19(15-8-6-5-7-9-15)24-21(26)17-12-16(22)10-11-18(17)23-14(2)3/h5-12,14,19,23H,4,13H2,1-3H3,(H,24,26). The number of hydrogen-bond acceptors (Lipinski definition) is 4. The fraction of sp³-hybridized carbons (Fsp3) is 0.333. The summed E-state index contributed by atoms with van der Waals surface area (Å²) in [6, 6.07) is 14.9. The number of hydrogen-bond donors (Lipinski definition) is 2. The molecule has 0 radical (unpaired) electrons. The van der Waals surface area contributed by atoms with Gasteiger partial charge in [0.05, 0.1) is 24.6 Å². The van der Waals surface area contributed by atoms with Crippen molar-refractivity contribution in [2.75, 3.05) is 11.9 Å². The largest absolute Gasteiger partial charge is 0.466 e. The maximum absolute atomic E-state index is 13.0. The first kappa shape index (κ1) is 21.2. The van der Waals surface area contributed by atoms with Crippen LogP contribution < -0.4 is 10.6 Å². The molecule has 5 nitrogen and oxygen atoms in total. The summed E-state index contributed by atoms with van der Waals surface area (Å²) in [5, 5.41) is 6.30. The molecule has 0 bridgehead atoms. The molecule has 2 aromatic rings. The Kier molecular flexibility index (Phi) is 8.09. The summed E-state index contributed by atoms with van der Waals surface area (Å²) in [6.45, 7) is 6.12. The van der Waals surface area contributed by atoms with Crippen LogP contribution in [-0.2, 0) is 9.53 Å². The topological polar surface area (TPSA) is 67.4 Å². The molecular weight excluding hydrogens is 455 g/mol. The number of nitrogens with one attached hydrogen (secondary N) is 2. The van der Waals surface area contributed by atoms with Crippen molar-refractivity contribution in [3.05, 3.63) is 63.2 Å². The Bertz CT molecular complexity index is 778. The molecule has 0 saturated heterocycles. The molecule has 1 unspecified atom stereocenters. The molecule has 2 rings (SSSR count). The minimum Gasteiger partial charge on any atom is -0.466 e. The fourth-order valence-corrected chi connectivity index (χ4v) is 3.19. The maximum atomic E-state index is 13.0. The highest BCUT2D eigenvalue weighted by Gasteiger charge is 2.21. The number of carbonyl (C=O) groups excluding carboxylic acids is 2. The third kappa shape index (κ3) is 6.53. The van der Waals surface area contributed by atoms with Crippen LogP contribution in [0.2, 0.25) is 0 Å². The molecule has 27 heavy (non-hydrogen) atoms. The second-order valence-electron chi connectivity index (χ2n) is 6.43. The summed E-state index contributed by atoms with van der Waals surface area (Å²) in [5.41, 5.74) is 2.19. The molecule has 0 spiro atoms. The summed E-state index contributed by atoms with van der Waals surface area (Å²) < 4.78 is 6.04. The number of anilines is 1. The van der Waals surface area contributed by atoms with Crippen LogP contribution in [-0.4, -0.2) is 24.5 Å². The molecule has 0 heterocycles. The van der Waals surface area contributed by atoms with Gasteiger partial charge < -0.3 is 15.4 Å². The van der Waals surface area contributed by atoms with Crippen molar-refractivity contribution in [1.29, 1.82) is 0 Å². The van der Waals surface area contributed by atoms with E-state index in [1.54, 1.807) is 6.92 Å². The Morgan fingerprint density at radius 1 is 1.11 bits per heavy atom. The first-order valence-corrected chi connectivity index (χ1v) is 10.1. The lowest BCUT2D eigenvalue weighted by Gasteiger charge is -2.20. The number of carbonyl (C=O) groups is 2. The van der Waals surface area contributed by atoms with Gasteiger partial charge in [-0.1, -0.05) is 30.3 Å². The van der Waals surface area contributed by atoms with E-state index >= 15 is 0 Å². The van der Waals surface area contributed by atoms with E-state index in [4.69, 9.17) is 4.74 Å². The van der Waals surface area contributed by atoms with Gasteiger partial charge in [0.1, 0.15) is 0 Å². The zero-order valence-corrected chi connectivity index (χ0v) is 17.9. The van der Waals surface area contributed by atoms with Gasteiger partial charge in [-0.25, -0.2) is 0 Å². The molecule has 0 aliphatic carbocycles. The lowest BCUT2D eigenvalue weighted by atomic mass is 10.0. The Morgan fingerprint density at radius 3 is 2.44 bits per heavy atom. The Balaban J connectivity index is 2.27. The number of rotatable bonds is 8. The molecule has 1 amide bonds. The minimum atomic E-state index is -0.456. The molecule has 2 aromatic carbocycles. The molecule has 2 N–H and O–H groups in total. The summed E-state index contributed by atoms with van der Waals surface area (Å²) in [5.74, 6) is -0.565. The second-order valence-corrected chi connectivity index (χ2v) is 7.68. The minimum absolute atomic E-state index is 0.0838. The van der Waals surface area contributed by atoms with E-state index in [0.29, 0.717) is 12.2 Å². The number of benzene rings is 2. The van der Waals surface area contributed by atoms with Crippen LogP contribution in [0.1, 0.15) is 49.2 Å². The summed E-state index contributed by atoms with van der Waals surface area (Å²) in [6.07, 6.45) is 0.0838. The number of amides is 1. The molecule has 6 heteroatoms. The Morgan fingerprint density at radius 2 is 1.81 bits per heavy atom. The number of esters is 1. The quantitative estimate of drug-likeness (QED) is 0.430. The Hall–Kier alpha value is -2.09. The molecule has 0 aromatic heterocycles. The second kappa shape index (κ2) is 10.3. The van der Waals surface area contributed by atoms with E-state index in [0.717, 1.165) is 14.8 Å². The van der Waals surface area contributed by atoms with Crippen LogP contribution in [0, 0.1) is 3.57 Å². The van der Waals surface area contributed by atoms with Gasteiger partial charge in [-0.05, 0) is 67.1 Å². The van der Waals surface area contributed by atoms with Gasteiger partial charge in [-0.15, -0.1) is 0 Å². The lowest BCUT2D eigenvalue weighted by Crippen LogP contribution is -2.31. The lowest BCUT2D eigenvalue weighted by molar-refractivity contribution is -0.143. The number of ether oxygens (including phenoxy) is 1. The van der Waals surface area contributed by atoms with E-state index in [2.05, 4.69) is 33.2 Å². The van der Waals surface area contributed by atoms with Crippen molar-refractivity contribution < 1.29 is 14.3 Å². The van der Waals surface area contributed by atoms with E-state index in [1.807, 2.05) is 62.4 Å². The molecule has 0 saturated carbocycles. The van der Waals surface area contributed by atoms with Gasteiger partial charge in [0.25, 0.3) is 5.91 Å². The summed E-state index contributed by atoms with van der Waals surface area (Å²) in [7, 11) is 0. The van der Waals surface area contributed by atoms with Crippen LogP contribution in [0.3, 0.4) is 0 Å². The van der Waals surface area contributed by atoms with Gasteiger partial charge in [0.2, 0.25) is 0 Å². The van der Waals surface area contributed by atoms with Gasteiger partial charge in [0.15, 0.2) is 0 Å². The summed E-state index contributed by atoms with van der Waals surface area (Å²) >= 11 is 2.18. The molecule has 144 valence electrons. The first-order chi connectivity index (χ1) is 12.9. The van der Waals surface area contributed by atoms with Crippen LogP contribution in [0.15, 0.2) is 48.5 Å². The van der Waals surface area contributed by atoms with Gasteiger partial charge in [0, 0.05) is 15.3 Å². The highest BCUT2D eigenvalue weighted by atomic mass is 127. The van der Waals surface area contributed by atoms with Crippen molar-refractivity contribution in [2.24, 2.45) is 0 Å². The monoisotopic (exact) mass is 480 g/mol. The zero-order chi connectivity index (χ0) is 19.8. The highest BCUT2D eigenvalue weighted by Crippen LogP contribution is 2.23. The third-order valence-corrected chi connectivity index (χ3v) is 4.52. The van der Waals surface area contributed by atoms with Gasteiger partial charge in [-0.3, -0.25) is 9.59 Å². The van der Waals surface area contributed by atoms with Crippen LogP contribution in [0.4, 0.5) is 5.69 Å². The van der Waals surface area contributed by atoms with Crippen molar-refractivity contribution in [1.82, 2.24) is 5.32 Å². The average Bonchev–Trinajstić information content (AvgIpc) is 2.63. The smallest absolute Gasteiger partial charge is 0.308 e. The van der Waals surface area contributed by atoms with Crippen LogP contribution >= 0.6 is 22.6 Å². The maximum Gasteiger partial charge on any atom is 0.308 e. The van der Waals surface area contributed by atoms with Crippen LogP contribution in [0.5, 0.6) is 0 Å². The molecular formula is C21H25IN2O3. The fourth-order valence-electron chi connectivity index (χ4n) is 2.70. The zero-order valence-electron chi connectivity index (χ0n) is 15.8. The average molecular weight is 480 g/mol. The normalized spacial score (nSPS) is 11.7. The molecule has 0 aliphatic rings. The van der Waals surface area contributed by atoms with E-state index in [1.165, 1.54) is 0 Å². The molecule has 1 atom stereocenters. The Labute approximate surface area is 174 Å². The van der Waals surface area contributed by atoms with E-state index < -0.39 is 6.04 Å². The SMILES string of the molecule is CCOC(=O)CC(NC(=O)c1cc(I)ccc1NC(C)C)c1ccccc1. The van der Waals surface area contributed by atoms with Crippen molar-refractivity contribution in [2.45, 2.75) is 39.3 Å². The molecule has 0 aliphatic heterocycles. The van der Waals surface area contributed by atoms with Crippen molar-refractivity contribution in [3.8, 4) is 0 Å². The van der Waals surface area contributed by atoms with E-state index in [-0.39, 0.29) is 24.3 Å². The van der Waals surface area contributed by atoms with Crippen molar-refractivity contribution >= 4 is 40.2 Å². The third-order valence-electron chi connectivity index (χ3n) is 3.85. The van der Waals surface area contributed by atoms with Crippen molar-refractivity contribution in [3.63, 3.8) is 0 Å². The van der Waals surface area contributed by atoms with Crippen LogP contribution in [0.25, 0.3) is 0 Å².